The summed E-state index contributed by atoms with van der Waals surface area (Å²) in [7, 11) is -2.87. The topological polar surface area (TPSA) is 93.3 Å². The molecule has 0 radical (unpaired) electrons. The van der Waals surface area contributed by atoms with Gasteiger partial charge < -0.3 is 14.8 Å². The first kappa shape index (κ1) is 14.5. The second-order valence-corrected chi connectivity index (χ2v) is 8.05. The third-order valence-corrected chi connectivity index (χ3v) is 5.96. The highest BCUT2D eigenvalue weighted by atomic mass is 32.2. The van der Waals surface area contributed by atoms with E-state index in [0.29, 0.717) is 13.0 Å². The first-order chi connectivity index (χ1) is 11.1. The van der Waals surface area contributed by atoms with Gasteiger partial charge in [-0.15, -0.1) is 0 Å². The van der Waals surface area contributed by atoms with Gasteiger partial charge in [-0.25, -0.2) is 8.42 Å². The summed E-state index contributed by atoms with van der Waals surface area (Å²) in [6, 6.07) is 5.75. The van der Waals surface area contributed by atoms with Crippen molar-refractivity contribution in [3.8, 4) is 22.8 Å². The predicted molar refractivity (Wildman–Crippen MR) is 84.0 cm³/mol. The van der Waals surface area contributed by atoms with Crippen LogP contribution in [0.1, 0.15) is 12.0 Å². The van der Waals surface area contributed by atoms with Gasteiger partial charge in [0.15, 0.2) is 21.3 Å². The zero-order valence-electron chi connectivity index (χ0n) is 12.4. The Hall–Kier alpha value is -2.06. The van der Waals surface area contributed by atoms with Crippen LogP contribution in [-0.2, 0) is 16.4 Å². The third kappa shape index (κ3) is 2.91. The van der Waals surface area contributed by atoms with Crippen LogP contribution in [0.15, 0.2) is 24.4 Å². The van der Waals surface area contributed by atoms with E-state index in [2.05, 4.69) is 15.5 Å². The van der Waals surface area contributed by atoms with Crippen molar-refractivity contribution in [1.29, 1.82) is 0 Å². The molecule has 1 atom stereocenters. The molecule has 1 fully saturated rings. The van der Waals surface area contributed by atoms with Crippen molar-refractivity contribution in [1.82, 2.24) is 15.5 Å². The summed E-state index contributed by atoms with van der Waals surface area (Å²) in [6.45, 7) is 0.812. The predicted octanol–water partition coefficient (Wildman–Crippen LogP) is 1.08. The molecule has 2 aliphatic rings. The number of aromatic nitrogens is 2. The van der Waals surface area contributed by atoms with Crippen LogP contribution in [0.5, 0.6) is 11.5 Å². The summed E-state index contributed by atoms with van der Waals surface area (Å²) in [6.07, 6.45) is 2.43. The molecule has 8 heteroatoms. The molecule has 4 rings (SSSR count). The highest BCUT2D eigenvalue weighted by Crippen LogP contribution is 2.36. The molecule has 2 N–H and O–H groups in total. The number of nitrogens with zero attached hydrogens (tertiary/aromatic N) is 1. The Morgan fingerprint density at radius 2 is 2.17 bits per heavy atom. The van der Waals surface area contributed by atoms with E-state index in [9.17, 15) is 8.42 Å². The average molecular weight is 335 g/mol. The molecule has 0 bridgehead atoms. The van der Waals surface area contributed by atoms with Crippen LogP contribution >= 0.6 is 0 Å². The first-order valence-electron chi connectivity index (χ1n) is 7.47. The number of H-pyrrole nitrogens is 1. The zero-order chi connectivity index (χ0) is 15.9. The summed E-state index contributed by atoms with van der Waals surface area (Å²) in [4.78, 5) is 0. The molecular formula is C15H17N3O4S. The molecule has 1 saturated heterocycles. The van der Waals surface area contributed by atoms with Crippen molar-refractivity contribution in [3.63, 3.8) is 0 Å². The van der Waals surface area contributed by atoms with Gasteiger partial charge in [0.2, 0.25) is 6.79 Å². The number of rotatable bonds is 4. The lowest BCUT2D eigenvalue weighted by molar-refractivity contribution is 0.174. The standard InChI is InChI=1S/C15H17N3O4S/c19-23(20)4-3-12(8-23)16-6-11-7-17-18-15(11)10-1-2-13-14(5-10)22-9-21-13/h1-2,5,7,12,16H,3-4,6,8-9H2,(H,17,18)/t12-/m1/s1. The van der Waals surface area contributed by atoms with Crippen LogP contribution in [0.3, 0.4) is 0 Å². The van der Waals surface area contributed by atoms with Crippen LogP contribution < -0.4 is 14.8 Å². The van der Waals surface area contributed by atoms with Crippen molar-refractivity contribution >= 4 is 9.84 Å². The maximum absolute atomic E-state index is 11.5. The van der Waals surface area contributed by atoms with Gasteiger partial charge in [0.05, 0.1) is 23.4 Å². The molecule has 0 amide bonds. The largest absolute Gasteiger partial charge is 0.454 e. The number of benzene rings is 1. The fourth-order valence-electron chi connectivity index (χ4n) is 2.96. The molecule has 0 aliphatic carbocycles. The number of aromatic amines is 1. The van der Waals surface area contributed by atoms with Gasteiger partial charge in [-0.2, -0.15) is 5.10 Å². The maximum atomic E-state index is 11.5. The molecule has 2 aliphatic heterocycles. The molecule has 122 valence electrons. The monoisotopic (exact) mass is 335 g/mol. The molecule has 0 spiro atoms. The molecule has 7 nitrogen and oxygen atoms in total. The minimum Gasteiger partial charge on any atom is -0.454 e. The molecule has 3 heterocycles. The van der Waals surface area contributed by atoms with Crippen molar-refractivity contribution in [2.75, 3.05) is 18.3 Å². The molecule has 23 heavy (non-hydrogen) atoms. The Labute approximate surface area is 133 Å². The second kappa shape index (κ2) is 5.54. The van der Waals surface area contributed by atoms with Gasteiger partial charge in [-0.3, -0.25) is 5.10 Å². The van der Waals surface area contributed by atoms with Crippen LogP contribution in [0.2, 0.25) is 0 Å². The van der Waals surface area contributed by atoms with Gasteiger partial charge in [0.1, 0.15) is 0 Å². The smallest absolute Gasteiger partial charge is 0.231 e. The van der Waals surface area contributed by atoms with E-state index in [4.69, 9.17) is 9.47 Å². The lowest BCUT2D eigenvalue weighted by atomic mass is 10.1. The SMILES string of the molecule is O=S1(=O)CC[C@@H](NCc2cn[nH]c2-c2ccc3c(c2)OCO3)C1. The number of fused-ring (bicyclic) bond motifs is 1. The van der Waals surface area contributed by atoms with Crippen LogP contribution in [-0.4, -0.2) is 43.0 Å². The number of hydrogen-bond donors (Lipinski definition) is 2. The lowest BCUT2D eigenvalue weighted by Crippen LogP contribution is -2.29. The molecule has 2 aromatic rings. The summed E-state index contributed by atoms with van der Waals surface area (Å²) in [5, 5.41) is 10.4. The van der Waals surface area contributed by atoms with E-state index in [1.807, 2.05) is 18.2 Å². The van der Waals surface area contributed by atoms with Crippen LogP contribution in [0, 0.1) is 0 Å². The van der Waals surface area contributed by atoms with Crippen LogP contribution in [0.25, 0.3) is 11.3 Å². The highest BCUT2D eigenvalue weighted by molar-refractivity contribution is 7.91. The maximum Gasteiger partial charge on any atom is 0.231 e. The number of ether oxygens (including phenoxy) is 2. The van der Waals surface area contributed by atoms with Crippen LogP contribution in [0.4, 0.5) is 0 Å². The average Bonchev–Trinajstić information content (AvgIpc) is 3.23. The number of sulfone groups is 1. The Kier molecular flexibility index (Phi) is 3.50. The van der Waals surface area contributed by atoms with E-state index < -0.39 is 9.84 Å². The third-order valence-electron chi connectivity index (χ3n) is 4.19. The van der Waals surface area contributed by atoms with Crippen molar-refractivity contribution in [2.24, 2.45) is 0 Å². The van der Waals surface area contributed by atoms with E-state index in [0.717, 1.165) is 28.3 Å². The number of hydrogen-bond acceptors (Lipinski definition) is 6. The Morgan fingerprint density at radius 3 is 3.00 bits per heavy atom. The van der Waals surface area contributed by atoms with Gasteiger partial charge >= 0.3 is 0 Å². The molecule has 1 aromatic heterocycles. The summed E-state index contributed by atoms with van der Waals surface area (Å²) in [5.74, 6) is 1.94. The summed E-state index contributed by atoms with van der Waals surface area (Å²) < 4.78 is 33.8. The summed E-state index contributed by atoms with van der Waals surface area (Å²) in [5.41, 5.74) is 2.85. The van der Waals surface area contributed by atoms with E-state index in [-0.39, 0.29) is 24.3 Å². The molecule has 0 saturated carbocycles. The Bertz CT molecular complexity index is 831. The van der Waals surface area contributed by atoms with Gasteiger partial charge in [0.25, 0.3) is 0 Å². The normalized spacial score (nSPS) is 21.7. The molecule has 1 aromatic carbocycles. The van der Waals surface area contributed by atoms with Crippen molar-refractivity contribution < 1.29 is 17.9 Å². The first-order valence-corrected chi connectivity index (χ1v) is 9.29. The quantitative estimate of drug-likeness (QED) is 0.868. The van der Waals surface area contributed by atoms with Gasteiger partial charge in [-0.05, 0) is 24.6 Å². The van der Waals surface area contributed by atoms with Crippen molar-refractivity contribution in [3.05, 3.63) is 30.0 Å². The number of nitrogens with one attached hydrogen (secondary N) is 2. The lowest BCUT2D eigenvalue weighted by Gasteiger charge is -2.11. The Balaban J connectivity index is 1.50. The minimum absolute atomic E-state index is 0.0134. The van der Waals surface area contributed by atoms with Crippen molar-refractivity contribution in [2.45, 2.75) is 19.0 Å². The molecule has 0 unspecified atom stereocenters. The fraction of sp³-hybridized carbons (Fsp3) is 0.400. The second-order valence-electron chi connectivity index (χ2n) is 5.82. The van der Waals surface area contributed by atoms with Gasteiger partial charge in [0, 0.05) is 23.7 Å². The van der Waals surface area contributed by atoms with E-state index in [1.54, 1.807) is 6.20 Å². The van der Waals surface area contributed by atoms with Gasteiger partial charge in [-0.1, -0.05) is 0 Å². The summed E-state index contributed by atoms with van der Waals surface area (Å²) >= 11 is 0. The Morgan fingerprint density at radius 1 is 1.30 bits per heavy atom. The highest BCUT2D eigenvalue weighted by Gasteiger charge is 2.27. The zero-order valence-corrected chi connectivity index (χ0v) is 13.2. The van der Waals surface area contributed by atoms with E-state index >= 15 is 0 Å². The minimum atomic E-state index is -2.87. The van der Waals surface area contributed by atoms with E-state index in [1.165, 1.54) is 0 Å². The molecular weight excluding hydrogens is 318 g/mol. The fourth-order valence-corrected chi connectivity index (χ4v) is 4.67.